The van der Waals surface area contributed by atoms with Crippen LogP contribution in [0.5, 0.6) is 0 Å². The first-order valence-corrected chi connectivity index (χ1v) is 7.99. The third-order valence-electron chi connectivity index (χ3n) is 4.05. The largest absolute Gasteiger partial charge is 0.328 e. The highest BCUT2D eigenvalue weighted by molar-refractivity contribution is 5.93. The van der Waals surface area contributed by atoms with Crippen molar-refractivity contribution >= 4 is 5.91 Å². The maximum absolute atomic E-state index is 12.0. The molecule has 23 heavy (non-hydrogen) atoms. The van der Waals surface area contributed by atoms with Gasteiger partial charge in [0.1, 0.15) is 6.54 Å². The summed E-state index contributed by atoms with van der Waals surface area (Å²) in [6.07, 6.45) is 3.12. The molecule has 1 unspecified atom stereocenters. The molecule has 0 bridgehead atoms. The maximum atomic E-state index is 12.0. The van der Waals surface area contributed by atoms with Gasteiger partial charge >= 0.3 is 0 Å². The third-order valence-corrected chi connectivity index (χ3v) is 4.05. The number of quaternary nitrogens is 1. The number of hydrogen-bond donors (Lipinski definition) is 3. The summed E-state index contributed by atoms with van der Waals surface area (Å²) in [4.78, 5) is 13.5. The molecule has 0 saturated carbocycles. The summed E-state index contributed by atoms with van der Waals surface area (Å²) >= 11 is 0. The van der Waals surface area contributed by atoms with E-state index in [0.29, 0.717) is 5.56 Å². The summed E-state index contributed by atoms with van der Waals surface area (Å²) in [5.41, 5.74) is 8.93. The molecule has 0 radical (unpaired) electrons. The van der Waals surface area contributed by atoms with Gasteiger partial charge in [0.25, 0.3) is 5.91 Å². The summed E-state index contributed by atoms with van der Waals surface area (Å²) < 4.78 is 0. The SMILES string of the molecule is O=C(NNC1=CC[NH+](Cc2ccccc2)CC1)c1ccccc1. The fourth-order valence-corrected chi connectivity index (χ4v) is 2.74. The molecule has 1 aliphatic heterocycles. The molecule has 0 spiro atoms. The monoisotopic (exact) mass is 308 g/mol. The lowest BCUT2D eigenvalue weighted by Gasteiger charge is -2.24. The Morgan fingerprint density at radius 3 is 2.35 bits per heavy atom. The van der Waals surface area contributed by atoms with Crippen LogP contribution in [0.3, 0.4) is 0 Å². The number of amides is 1. The molecule has 1 heterocycles. The molecule has 2 aromatic carbocycles. The molecule has 4 nitrogen and oxygen atoms in total. The summed E-state index contributed by atoms with van der Waals surface area (Å²) in [6.45, 7) is 3.08. The van der Waals surface area contributed by atoms with Crippen molar-refractivity contribution in [2.75, 3.05) is 13.1 Å². The molecule has 1 aliphatic rings. The van der Waals surface area contributed by atoms with Gasteiger partial charge < -0.3 is 10.3 Å². The van der Waals surface area contributed by atoms with Gasteiger partial charge in [0, 0.05) is 23.2 Å². The van der Waals surface area contributed by atoms with Gasteiger partial charge in [0.15, 0.2) is 0 Å². The smallest absolute Gasteiger partial charge is 0.269 e. The predicted molar refractivity (Wildman–Crippen MR) is 90.6 cm³/mol. The zero-order chi connectivity index (χ0) is 15.9. The van der Waals surface area contributed by atoms with Gasteiger partial charge in [-0.3, -0.25) is 10.2 Å². The Morgan fingerprint density at radius 2 is 1.70 bits per heavy atom. The fraction of sp³-hybridized carbons (Fsp3) is 0.211. The van der Waals surface area contributed by atoms with E-state index in [4.69, 9.17) is 0 Å². The van der Waals surface area contributed by atoms with Crippen LogP contribution in [-0.2, 0) is 6.54 Å². The first-order chi connectivity index (χ1) is 11.3. The van der Waals surface area contributed by atoms with E-state index in [1.54, 1.807) is 12.1 Å². The topological polar surface area (TPSA) is 45.6 Å². The van der Waals surface area contributed by atoms with Crippen molar-refractivity contribution in [2.45, 2.75) is 13.0 Å². The Morgan fingerprint density at radius 1 is 1.00 bits per heavy atom. The molecular weight excluding hydrogens is 286 g/mol. The number of carbonyl (C=O) groups is 1. The van der Waals surface area contributed by atoms with E-state index in [2.05, 4.69) is 41.2 Å². The van der Waals surface area contributed by atoms with Crippen molar-refractivity contribution in [3.8, 4) is 0 Å². The minimum Gasteiger partial charge on any atom is -0.328 e. The van der Waals surface area contributed by atoms with E-state index < -0.39 is 0 Å². The maximum Gasteiger partial charge on any atom is 0.269 e. The fourth-order valence-electron chi connectivity index (χ4n) is 2.74. The van der Waals surface area contributed by atoms with Crippen LogP contribution in [0.1, 0.15) is 22.3 Å². The highest BCUT2D eigenvalue weighted by Gasteiger charge is 2.15. The first kappa shape index (κ1) is 15.3. The minimum absolute atomic E-state index is 0.106. The van der Waals surface area contributed by atoms with E-state index in [1.165, 1.54) is 10.5 Å². The number of hydrogen-bond acceptors (Lipinski definition) is 2. The molecule has 0 aliphatic carbocycles. The van der Waals surface area contributed by atoms with Crippen LogP contribution >= 0.6 is 0 Å². The second kappa shape index (κ2) is 7.61. The van der Waals surface area contributed by atoms with Gasteiger partial charge in [0.2, 0.25) is 0 Å². The van der Waals surface area contributed by atoms with Crippen LogP contribution in [0.2, 0.25) is 0 Å². The Kier molecular flexibility index (Phi) is 5.06. The lowest BCUT2D eigenvalue weighted by Crippen LogP contribution is -3.11. The van der Waals surface area contributed by atoms with Crippen LogP contribution in [0.4, 0.5) is 0 Å². The summed E-state index contributed by atoms with van der Waals surface area (Å²) in [6, 6.07) is 19.8. The summed E-state index contributed by atoms with van der Waals surface area (Å²) in [7, 11) is 0. The van der Waals surface area contributed by atoms with Crippen LogP contribution in [0.15, 0.2) is 72.4 Å². The molecule has 3 N–H and O–H groups in total. The van der Waals surface area contributed by atoms with E-state index in [-0.39, 0.29) is 5.91 Å². The molecular formula is C19H22N3O+. The average Bonchev–Trinajstić information content (AvgIpc) is 2.62. The molecule has 3 rings (SSSR count). The molecule has 0 fully saturated rings. The number of hydrazine groups is 1. The number of rotatable bonds is 5. The Bertz CT molecular complexity index is 668. The van der Waals surface area contributed by atoms with Crippen molar-refractivity contribution in [1.29, 1.82) is 0 Å². The first-order valence-electron chi connectivity index (χ1n) is 7.99. The van der Waals surface area contributed by atoms with Gasteiger partial charge in [-0.1, -0.05) is 48.5 Å². The second-order valence-corrected chi connectivity index (χ2v) is 5.79. The Hall–Kier alpha value is -2.59. The van der Waals surface area contributed by atoms with Gasteiger partial charge in [-0.05, 0) is 18.2 Å². The van der Waals surface area contributed by atoms with Gasteiger partial charge in [-0.2, -0.15) is 0 Å². The molecule has 1 atom stereocenters. The van der Waals surface area contributed by atoms with Crippen LogP contribution in [-0.4, -0.2) is 19.0 Å². The van der Waals surface area contributed by atoms with Crippen LogP contribution < -0.4 is 15.8 Å². The summed E-state index contributed by atoms with van der Waals surface area (Å²) in [5, 5.41) is 0. The lowest BCUT2D eigenvalue weighted by atomic mass is 10.1. The highest BCUT2D eigenvalue weighted by Crippen LogP contribution is 2.01. The lowest BCUT2D eigenvalue weighted by molar-refractivity contribution is -0.909. The van der Waals surface area contributed by atoms with Gasteiger partial charge in [-0.15, -0.1) is 0 Å². The minimum atomic E-state index is -0.106. The van der Waals surface area contributed by atoms with Crippen molar-refractivity contribution in [3.05, 3.63) is 83.6 Å². The molecule has 1 amide bonds. The third kappa shape index (κ3) is 4.44. The van der Waals surface area contributed by atoms with Crippen LogP contribution in [0.25, 0.3) is 0 Å². The molecule has 118 valence electrons. The van der Waals surface area contributed by atoms with Crippen molar-refractivity contribution in [3.63, 3.8) is 0 Å². The molecule has 0 saturated heterocycles. The molecule has 4 heteroatoms. The number of carbonyl (C=O) groups excluding carboxylic acids is 1. The zero-order valence-electron chi connectivity index (χ0n) is 13.1. The van der Waals surface area contributed by atoms with Crippen LogP contribution in [0, 0.1) is 0 Å². The van der Waals surface area contributed by atoms with Crippen molar-refractivity contribution in [2.24, 2.45) is 0 Å². The van der Waals surface area contributed by atoms with Crippen molar-refractivity contribution in [1.82, 2.24) is 10.9 Å². The van der Waals surface area contributed by atoms with Gasteiger partial charge in [0.05, 0.1) is 13.1 Å². The average molecular weight is 308 g/mol. The highest BCUT2D eigenvalue weighted by atomic mass is 16.2. The van der Waals surface area contributed by atoms with E-state index in [0.717, 1.165) is 31.8 Å². The predicted octanol–water partition coefficient (Wildman–Crippen LogP) is 1.29. The number of benzene rings is 2. The molecule has 0 aromatic heterocycles. The van der Waals surface area contributed by atoms with E-state index >= 15 is 0 Å². The molecule has 2 aromatic rings. The van der Waals surface area contributed by atoms with Crippen molar-refractivity contribution < 1.29 is 9.69 Å². The quantitative estimate of drug-likeness (QED) is 0.729. The zero-order valence-corrected chi connectivity index (χ0v) is 13.1. The summed E-state index contributed by atoms with van der Waals surface area (Å²) in [5.74, 6) is -0.106. The Balaban J connectivity index is 1.47. The second-order valence-electron chi connectivity index (χ2n) is 5.79. The van der Waals surface area contributed by atoms with Gasteiger partial charge in [-0.25, -0.2) is 0 Å². The number of nitrogens with one attached hydrogen (secondary N) is 3. The standard InChI is InChI=1S/C19H21N3O/c23-19(17-9-5-2-6-10-17)21-20-18-11-13-22(14-12-18)15-16-7-3-1-4-8-16/h1-11,20H,12-15H2,(H,21,23)/p+1. The van der Waals surface area contributed by atoms with E-state index in [1.807, 2.05) is 24.3 Å². The normalized spacial score (nSPS) is 17.2. The Labute approximate surface area is 136 Å². The van der Waals surface area contributed by atoms with E-state index in [9.17, 15) is 4.79 Å².